The lowest BCUT2D eigenvalue weighted by atomic mass is 9.86. The van der Waals surface area contributed by atoms with E-state index in [2.05, 4.69) is 17.2 Å². The number of hydrogen-bond donors (Lipinski definition) is 1. The van der Waals surface area contributed by atoms with Gasteiger partial charge in [0.15, 0.2) is 0 Å². The van der Waals surface area contributed by atoms with Gasteiger partial charge >= 0.3 is 0 Å². The van der Waals surface area contributed by atoms with Crippen molar-refractivity contribution in [1.82, 2.24) is 9.29 Å². The van der Waals surface area contributed by atoms with Crippen LogP contribution in [0.4, 0.5) is 5.82 Å². The monoisotopic (exact) mass is 339 g/mol. The lowest BCUT2D eigenvalue weighted by Crippen LogP contribution is -2.40. The SMILES string of the molecule is C[C@H]1CCCC[C@H]1Nc1ccc(S(=O)(=O)N2CCOCC2)cn1. The predicted octanol–water partition coefficient (Wildman–Crippen LogP) is 2.09. The quantitative estimate of drug-likeness (QED) is 0.909. The Kier molecular flexibility index (Phi) is 5.18. The Bertz CT molecular complexity index is 612. The second kappa shape index (κ2) is 7.15. The summed E-state index contributed by atoms with van der Waals surface area (Å²) in [4.78, 5) is 4.57. The van der Waals surface area contributed by atoms with Gasteiger partial charge in [0.1, 0.15) is 10.7 Å². The fourth-order valence-corrected chi connectivity index (χ4v) is 4.63. The van der Waals surface area contributed by atoms with Crippen LogP contribution in [0.15, 0.2) is 23.2 Å². The summed E-state index contributed by atoms with van der Waals surface area (Å²) in [7, 11) is -3.46. The largest absolute Gasteiger partial charge is 0.379 e. The highest BCUT2D eigenvalue weighted by atomic mass is 32.2. The molecule has 1 aromatic heterocycles. The summed E-state index contributed by atoms with van der Waals surface area (Å²) < 4.78 is 31.8. The van der Waals surface area contributed by atoms with E-state index in [0.717, 1.165) is 12.2 Å². The van der Waals surface area contributed by atoms with Gasteiger partial charge in [0.2, 0.25) is 10.0 Å². The van der Waals surface area contributed by atoms with Gasteiger partial charge in [-0.15, -0.1) is 0 Å². The normalized spacial score (nSPS) is 26.8. The van der Waals surface area contributed by atoms with Gasteiger partial charge in [-0.2, -0.15) is 4.31 Å². The smallest absolute Gasteiger partial charge is 0.244 e. The first-order chi connectivity index (χ1) is 11.1. The van der Waals surface area contributed by atoms with Crippen LogP contribution in [0.1, 0.15) is 32.6 Å². The van der Waals surface area contributed by atoms with E-state index in [1.807, 2.05) is 0 Å². The third kappa shape index (κ3) is 3.84. The van der Waals surface area contributed by atoms with Crippen LogP contribution in [0.2, 0.25) is 0 Å². The molecule has 0 radical (unpaired) electrons. The van der Waals surface area contributed by atoms with Crippen LogP contribution in [0.5, 0.6) is 0 Å². The maximum absolute atomic E-state index is 12.6. The first kappa shape index (κ1) is 16.7. The third-order valence-electron chi connectivity index (χ3n) is 4.79. The van der Waals surface area contributed by atoms with Crippen molar-refractivity contribution < 1.29 is 13.2 Å². The van der Waals surface area contributed by atoms with Gasteiger partial charge in [0.05, 0.1) is 13.2 Å². The number of nitrogens with one attached hydrogen (secondary N) is 1. The number of nitrogens with zero attached hydrogens (tertiary/aromatic N) is 2. The molecule has 3 rings (SSSR count). The second-order valence-electron chi connectivity index (χ2n) is 6.41. The second-order valence-corrected chi connectivity index (χ2v) is 8.35. The highest BCUT2D eigenvalue weighted by Gasteiger charge is 2.27. The van der Waals surface area contributed by atoms with Crippen molar-refractivity contribution in [2.45, 2.75) is 43.5 Å². The Morgan fingerprint density at radius 2 is 1.96 bits per heavy atom. The lowest BCUT2D eigenvalue weighted by Gasteiger charge is -2.30. The van der Waals surface area contributed by atoms with Crippen LogP contribution in [0, 0.1) is 5.92 Å². The summed E-state index contributed by atoms with van der Waals surface area (Å²) in [5, 5.41) is 3.45. The lowest BCUT2D eigenvalue weighted by molar-refractivity contribution is 0.0730. The van der Waals surface area contributed by atoms with Crippen molar-refractivity contribution in [3.05, 3.63) is 18.3 Å². The number of hydrogen-bond acceptors (Lipinski definition) is 5. The molecule has 0 aromatic carbocycles. The molecule has 1 aliphatic carbocycles. The Morgan fingerprint density at radius 1 is 1.22 bits per heavy atom. The minimum atomic E-state index is -3.46. The highest BCUT2D eigenvalue weighted by molar-refractivity contribution is 7.89. The summed E-state index contributed by atoms with van der Waals surface area (Å²) in [6.07, 6.45) is 6.38. The van der Waals surface area contributed by atoms with Gasteiger partial charge in [-0.05, 0) is 30.9 Å². The molecule has 0 bridgehead atoms. The van der Waals surface area contributed by atoms with Crippen molar-refractivity contribution in [2.75, 3.05) is 31.6 Å². The number of ether oxygens (including phenoxy) is 1. The Labute approximate surface area is 138 Å². The Morgan fingerprint density at radius 3 is 2.61 bits per heavy atom. The predicted molar refractivity (Wildman–Crippen MR) is 88.9 cm³/mol. The minimum Gasteiger partial charge on any atom is -0.379 e. The van der Waals surface area contributed by atoms with E-state index in [-0.39, 0.29) is 4.90 Å². The molecular formula is C16H25N3O3S. The summed E-state index contributed by atoms with van der Waals surface area (Å²) in [5.41, 5.74) is 0. The van der Waals surface area contributed by atoms with Crippen LogP contribution < -0.4 is 5.32 Å². The molecule has 2 fully saturated rings. The average Bonchev–Trinajstić information content (AvgIpc) is 2.58. The summed E-state index contributed by atoms with van der Waals surface area (Å²) >= 11 is 0. The number of rotatable bonds is 4. The van der Waals surface area contributed by atoms with Crippen LogP contribution in [0.3, 0.4) is 0 Å². The molecule has 1 N–H and O–H groups in total. The van der Waals surface area contributed by atoms with Crippen LogP contribution in [0.25, 0.3) is 0 Å². The fourth-order valence-electron chi connectivity index (χ4n) is 3.27. The molecular weight excluding hydrogens is 314 g/mol. The number of sulfonamides is 1. The number of anilines is 1. The Hall–Kier alpha value is -1.18. The zero-order chi connectivity index (χ0) is 16.3. The van der Waals surface area contributed by atoms with E-state index >= 15 is 0 Å². The van der Waals surface area contributed by atoms with Gasteiger partial charge in [-0.3, -0.25) is 0 Å². The molecule has 0 amide bonds. The van der Waals surface area contributed by atoms with Gasteiger partial charge in [0, 0.05) is 25.3 Å². The van der Waals surface area contributed by atoms with Crippen LogP contribution in [-0.4, -0.2) is 50.1 Å². The molecule has 0 unspecified atom stereocenters. The molecule has 0 spiro atoms. The zero-order valence-electron chi connectivity index (χ0n) is 13.6. The summed E-state index contributed by atoms with van der Waals surface area (Å²) in [6.45, 7) is 3.97. The molecule has 1 aromatic rings. The minimum absolute atomic E-state index is 0.252. The van der Waals surface area contributed by atoms with E-state index in [9.17, 15) is 8.42 Å². The van der Waals surface area contributed by atoms with Gasteiger partial charge in [-0.25, -0.2) is 13.4 Å². The molecule has 2 aliphatic rings. The highest BCUT2D eigenvalue weighted by Crippen LogP contribution is 2.26. The molecule has 128 valence electrons. The number of pyridine rings is 1. The number of aromatic nitrogens is 1. The Balaban J connectivity index is 1.68. The van der Waals surface area contributed by atoms with E-state index in [1.165, 1.54) is 29.8 Å². The van der Waals surface area contributed by atoms with Gasteiger partial charge in [0.25, 0.3) is 0 Å². The van der Waals surface area contributed by atoms with Gasteiger partial charge < -0.3 is 10.1 Å². The fraction of sp³-hybridized carbons (Fsp3) is 0.688. The molecule has 2 heterocycles. The average molecular weight is 339 g/mol. The maximum atomic E-state index is 12.6. The summed E-state index contributed by atoms with van der Waals surface area (Å²) in [6, 6.07) is 3.85. The van der Waals surface area contributed by atoms with E-state index in [1.54, 1.807) is 12.1 Å². The van der Waals surface area contributed by atoms with Gasteiger partial charge in [-0.1, -0.05) is 19.8 Å². The molecule has 6 nitrogen and oxygen atoms in total. The molecule has 1 aliphatic heterocycles. The molecule has 2 atom stereocenters. The maximum Gasteiger partial charge on any atom is 0.244 e. The molecule has 7 heteroatoms. The third-order valence-corrected chi connectivity index (χ3v) is 6.67. The van der Waals surface area contributed by atoms with Crippen LogP contribution in [-0.2, 0) is 14.8 Å². The number of morpholine rings is 1. The standard InChI is InChI=1S/C16H25N3O3S/c1-13-4-2-3-5-15(13)18-16-7-6-14(12-17-16)23(20,21)19-8-10-22-11-9-19/h6-7,12-13,15H,2-5,8-11H2,1H3,(H,17,18)/t13-,15+/m0/s1. The topological polar surface area (TPSA) is 71.5 Å². The van der Waals surface area contributed by atoms with Crippen molar-refractivity contribution >= 4 is 15.8 Å². The van der Waals surface area contributed by atoms with Crippen LogP contribution >= 0.6 is 0 Å². The van der Waals surface area contributed by atoms with Crippen molar-refractivity contribution in [3.63, 3.8) is 0 Å². The first-order valence-corrected chi connectivity index (χ1v) is 9.82. The van der Waals surface area contributed by atoms with Crippen molar-refractivity contribution in [2.24, 2.45) is 5.92 Å². The van der Waals surface area contributed by atoms with Crippen molar-refractivity contribution in [3.8, 4) is 0 Å². The van der Waals surface area contributed by atoms with E-state index < -0.39 is 10.0 Å². The van der Waals surface area contributed by atoms with E-state index in [0.29, 0.717) is 38.3 Å². The molecule has 1 saturated heterocycles. The summed E-state index contributed by atoms with van der Waals surface area (Å²) in [5.74, 6) is 1.38. The molecule has 1 saturated carbocycles. The molecule has 23 heavy (non-hydrogen) atoms. The zero-order valence-corrected chi connectivity index (χ0v) is 14.4. The first-order valence-electron chi connectivity index (χ1n) is 8.38. The van der Waals surface area contributed by atoms with E-state index in [4.69, 9.17) is 4.74 Å². The van der Waals surface area contributed by atoms with Crippen molar-refractivity contribution in [1.29, 1.82) is 0 Å².